The summed E-state index contributed by atoms with van der Waals surface area (Å²) in [6.07, 6.45) is 0. The molecule has 0 aromatic heterocycles. The second-order valence-electron chi connectivity index (χ2n) is 4.89. The largest absolute Gasteiger partial charge is 0.486 e. The molecule has 1 aliphatic heterocycles. The highest BCUT2D eigenvalue weighted by atomic mass is 16.6. The van der Waals surface area contributed by atoms with E-state index < -0.39 is 0 Å². The minimum atomic E-state index is -0.119. The molecule has 4 heteroatoms. The third-order valence-corrected chi connectivity index (χ3v) is 3.45. The number of ether oxygens (including phenoxy) is 2. The zero-order valence-electron chi connectivity index (χ0n) is 11.4. The van der Waals surface area contributed by atoms with Crippen LogP contribution >= 0.6 is 0 Å². The van der Waals surface area contributed by atoms with E-state index in [0.717, 1.165) is 22.6 Å². The molecule has 1 atom stereocenters. The van der Waals surface area contributed by atoms with E-state index >= 15 is 0 Å². The fourth-order valence-electron chi connectivity index (χ4n) is 2.54. The highest BCUT2D eigenvalue weighted by molar-refractivity contribution is 5.51. The van der Waals surface area contributed by atoms with Gasteiger partial charge < -0.3 is 9.47 Å². The van der Waals surface area contributed by atoms with E-state index in [0.29, 0.717) is 13.2 Å². The summed E-state index contributed by atoms with van der Waals surface area (Å²) in [6, 6.07) is 14.0. The fourth-order valence-corrected chi connectivity index (χ4v) is 2.54. The standard InChI is InChI=1S/C16H18N2O2/c1-11-4-2-5-12(10-11)15(18-17)13-6-3-7-14-16(13)20-9-8-19-14/h2-7,10,15,18H,8-9,17H2,1H3. The molecule has 0 saturated carbocycles. The van der Waals surface area contributed by atoms with Gasteiger partial charge >= 0.3 is 0 Å². The van der Waals surface area contributed by atoms with Gasteiger partial charge in [0.15, 0.2) is 11.5 Å². The van der Waals surface area contributed by atoms with E-state index in [1.807, 2.05) is 24.3 Å². The Balaban J connectivity index is 2.06. The number of aryl methyl sites for hydroxylation is 1. The van der Waals surface area contributed by atoms with Gasteiger partial charge in [0.25, 0.3) is 0 Å². The van der Waals surface area contributed by atoms with E-state index in [1.165, 1.54) is 5.56 Å². The van der Waals surface area contributed by atoms with Gasteiger partial charge in [-0.25, -0.2) is 5.43 Å². The molecule has 0 bridgehead atoms. The molecule has 1 unspecified atom stereocenters. The highest BCUT2D eigenvalue weighted by Crippen LogP contribution is 2.38. The topological polar surface area (TPSA) is 56.5 Å². The lowest BCUT2D eigenvalue weighted by molar-refractivity contribution is 0.169. The smallest absolute Gasteiger partial charge is 0.166 e. The number of benzene rings is 2. The number of para-hydroxylation sites is 1. The fraction of sp³-hybridized carbons (Fsp3) is 0.250. The first-order chi connectivity index (χ1) is 9.79. The second-order valence-corrected chi connectivity index (χ2v) is 4.89. The minimum absolute atomic E-state index is 0.119. The Morgan fingerprint density at radius 1 is 1.10 bits per heavy atom. The van der Waals surface area contributed by atoms with Gasteiger partial charge in [-0.15, -0.1) is 0 Å². The van der Waals surface area contributed by atoms with Gasteiger partial charge in [-0.3, -0.25) is 5.84 Å². The monoisotopic (exact) mass is 270 g/mol. The van der Waals surface area contributed by atoms with Crippen molar-refractivity contribution in [3.63, 3.8) is 0 Å². The molecule has 20 heavy (non-hydrogen) atoms. The first-order valence-electron chi connectivity index (χ1n) is 6.71. The van der Waals surface area contributed by atoms with Crippen LogP contribution < -0.4 is 20.7 Å². The first kappa shape index (κ1) is 13.0. The Bertz CT molecular complexity index is 613. The van der Waals surface area contributed by atoms with Gasteiger partial charge in [0.1, 0.15) is 13.2 Å². The Hall–Kier alpha value is -2.04. The van der Waals surface area contributed by atoms with E-state index in [1.54, 1.807) is 0 Å². The van der Waals surface area contributed by atoms with Crippen LogP contribution in [0.2, 0.25) is 0 Å². The van der Waals surface area contributed by atoms with Crippen molar-refractivity contribution in [1.29, 1.82) is 0 Å². The van der Waals surface area contributed by atoms with Crippen LogP contribution in [0.25, 0.3) is 0 Å². The number of hydrogen-bond donors (Lipinski definition) is 2. The Morgan fingerprint density at radius 2 is 1.90 bits per heavy atom. The number of fused-ring (bicyclic) bond motifs is 1. The number of hydrazine groups is 1. The molecule has 0 amide bonds. The van der Waals surface area contributed by atoms with Crippen LogP contribution in [-0.2, 0) is 0 Å². The molecule has 104 valence electrons. The molecular formula is C16H18N2O2. The normalized spacial score (nSPS) is 14.9. The average molecular weight is 270 g/mol. The lowest BCUT2D eigenvalue weighted by Crippen LogP contribution is -2.30. The van der Waals surface area contributed by atoms with E-state index in [4.69, 9.17) is 15.3 Å². The molecule has 0 saturated heterocycles. The van der Waals surface area contributed by atoms with Gasteiger partial charge in [0.2, 0.25) is 0 Å². The van der Waals surface area contributed by atoms with E-state index in [2.05, 4.69) is 30.5 Å². The molecule has 2 aromatic carbocycles. The summed E-state index contributed by atoms with van der Waals surface area (Å²) in [5, 5.41) is 0. The Morgan fingerprint density at radius 3 is 2.70 bits per heavy atom. The number of rotatable bonds is 3. The predicted octanol–water partition coefficient (Wildman–Crippen LogP) is 2.32. The molecule has 3 rings (SSSR count). The summed E-state index contributed by atoms with van der Waals surface area (Å²) in [7, 11) is 0. The maximum absolute atomic E-state index is 5.77. The SMILES string of the molecule is Cc1cccc(C(NN)c2cccc3c2OCCO3)c1. The molecule has 0 aliphatic carbocycles. The molecule has 0 fully saturated rings. The maximum atomic E-state index is 5.77. The third kappa shape index (κ3) is 2.35. The molecule has 0 radical (unpaired) electrons. The van der Waals surface area contributed by atoms with Crippen LogP contribution in [0.5, 0.6) is 11.5 Å². The quantitative estimate of drug-likeness (QED) is 0.664. The van der Waals surface area contributed by atoms with Crippen LogP contribution in [0.15, 0.2) is 42.5 Å². The summed E-state index contributed by atoms with van der Waals surface area (Å²) >= 11 is 0. The van der Waals surface area contributed by atoms with E-state index in [9.17, 15) is 0 Å². The maximum Gasteiger partial charge on any atom is 0.166 e. The van der Waals surface area contributed by atoms with Crippen molar-refractivity contribution >= 4 is 0 Å². The van der Waals surface area contributed by atoms with Gasteiger partial charge in [-0.05, 0) is 18.6 Å². The number of hydrogen-bond acceptors (Lipinski definition) is 4. The molecule has 3 N–H and O–H groups in total. The Labute approximate surface area is 118 Å². The molecule has 2 aromatic rings. The zero-order chi connectivity index (χ0) is 13.9. The third-order valence-electron chi connectivity index (χ3n) is 3.45. The molecule has 0 spiro atoms. The van der Waals surface area contributed by atoms with Gasteiger partial charge in [0, 0.05) is 5.56 Å². The van der Waals surface area contributed by atoms with Crippen LogP contribution in [0, 0.1) is 6.92 Å². The summed E-state index contributed by atoms with van der Waals surface area (Å²) < 4.78 is 11.4. The van der Waals surface area contributed by atoms with Gasteiger partial charge in [-0.2, -0.15) is 0 Å². The van der Waals surface area contributed by atoms with Crippen molar-refractivity contribution in [2.45, 2.75) is 13.0 Å². The van der Waals surface area contributed by atoms with Gasteiger partial charge in [0.05, 0.1) is 6.04 Å². The molecular weight excluding hydrogens is 252 g/mol. The second kappa shape index (κ2) is 5.53. The predicted molar refractivity (Wildman–Crippen MR) is 77.8 cm³/mol. The lowest BCUT2D eigenvalue weighted by atomic mass is 9.96. The van der Waals surface area contributed by atoms with Crippen molar-refractivity contribution in [2.24, 2.45) is 5.84 Å². The van der Waals surface area contributed by atoms with Crippen molar-refractivity contribution in [2.75, 3.05) is 13.2 Å². The summed E-state index contributed by atoms with van der Waals surface area (Å²) in [4.78, 5) is 0. The van der Waals surface area contributed by atoms with Crippen molar-refractivity contribution < 1.29 is 9.47 Å². The van der Waals surface area contributed by atoms with Crippen LogP contribution in [0.4, 0.5) is 0 Å². The highest BCUT2D eigenvalue weighted by Gasteiger charge is 2.22. The van der Waals surface area contributed by atoms with E-state index in [-0.39, 0.29) is 6.04 Å². The average Bonchev–Trinajstić information content (AvgIpc) is 2.48. The van der Waals surface area contributed by atoms with Crippen LogP contribution in [-0.4, -0.2) is 13.2 Å². The lowest BCUT2D eigenvalue weighted by Gasteiger charge is -2.25. The summed E-state index contributed by atoms with van der Waals surface area (Å²) in [6.45, 7) is 3.22. The van der Waals surface area contributed by atoms with Crippen LogP contribution in [0.3, 0.4) is 0 Å². The number of nitrogens with two attached hydrogens (primary N) is 1. The van der Waals surface area contributed by atoms with Gasteiger partial charge in [-0.1, -0.05) is 42.0 Å². The minimum Gasteiger partial charge on any atom is -0.486 e. The number of nitrogens with one attached hydrogen (secondary N) is 1. The Kier molecular flexibility index (Phi) is 3.58. The summed E-state index contributed by atoms with van der Waals surface area (Å²) in [5.41, 5.74) is 6.18. The molecule has 4 nitrogen and oxygen atoms in total. The summed E-state index contributed by atoms with van der Waals surface area (Å²) in [5.74, 6) is 7.33. The van der Waals surface area contributed by atoms with Crippen molar-refractivity contribution in [3.05, 3.63) is 59.2 Å². The van der Waals surface area contributed by atoms with Crippen molar-refractivity contribution in [3.8, 4) is 11.5 Å². The molecule has 1 aliphatic rings. The van der Waals surface area contributed by atoms with Crippen LogP contribution in [0.1, 0.15) is 22.7 Å². The molecule has 1 heterocycles. The van der Waals surface area contributed by atoms with Crippen molar-refractivity contribution in [1.82, 2.24) is 5.43 Å². The first-order valence-corrected chi connectivity index (χ1v) is 6.71. The zero-order valence-corrected chi connectivity index (χ0v) is 11.4.